The zero-order valence-electron chi connectivity index (χ0n) is 8.01. The summed E-state index contributed by atoms with van der Waals surface area (Å²) in [5.41, 5.74) is 3.43. The molecule has 0 bridgehead atoms. The van der Waals surface area contributed by atoms with Gasteiger partial charge in [0, 0.05) is 18.0 Å². The molecule has 0 aliphatic carbocycles. The first kappa shape index (κ1) is 8.88. The zero-order chi connectivity index (χ0) is 9.80. The molecule has 0 saturated carbocycles. The van der Waals surface area contributed by atoms with E-state index in [9.17, 15) is 0 Å². The summed E-state index contributed by atoms with van der Waals surface area (Å²) in [7, 11) is 0. The predicted molar refractivity (Wildman–Crippen MR) is 56.5 cm³/mol. The second kappa shape index (κ2) is 4.01. The Bertz CT molecular complexity index is 392. The van der Waals surface area contributed by atoms with Crippen LogP contribution in [-0.2, 0) is 0 Å². The van der Waals surface area contributed by atoms with Gasteiger partial charge >= 0.3 is 0 Å². The third-order valence-electron chi connectivity index (χ3n) is 2.14. The SMILES string of the molecule is C[CH]c1ccc(-c2cncnc2)cc1. The molecule has 0 N–H and O–H groups in total. The quantitative estimate of drug-likeness (QED) is 0.715. The van der Waals surface area contributed by atoms with Crippen molar-refractivity contribution in [3.8, 4) is 11.1 Å². The summed E-state index contributed by atoms with van der Waals surface area (Å²) in [5.74, 6) is 0. The molecule has 2 nitrogen and oxygen atoms in total. The van der Waals surface area contributed by atoms with Crippen molar-refractivity contribution in [2.75, 3.05) is 0 Å². The summed E-state index contributed by atoms with van der Waals surface area (Å²) in [6.45, 7) is 2.03. The molecular weight excluding hydrogens is 172 g/mol. The van der Waals surface area contributed by atoms with Gasteiger partial charge in [0.25, 0.3) is 0 Å². The van der Waals surface area contributed by atoms with Gasteiger partial charge in [-0.15, -0.1) is 0 Å². The van der Waals surface area contributed by atoms with E-state index in [1.165, 1.54) is 11.9 Å². The van der Waals surface area contributed by atoms with Crippen molar-refractivity contribution in [1.29, 1.82) is 0 Å². The van der Waals surface area contributed by atoms with E-state index in [1.807, 2.05) is 19.3 Å². The maximum absolute atomic E-state index is 3.98. The number of aromatic nitrogens is 2. The number of nitrogens with zero attached hydrogens (tertiary/aromatic N) is 2. The standard InChI is InChI=1S/C12H11N2/c1-2-10-3-5-11(6-4-10)12-7-13-9-14-8-12/h2-9H,1H3. The molecule has 0 amide bonds. The Hall–Kier alpha value is -1.70. The topological polar surface area (TPSA) is 25.8 Å². The lowest BCUT2D eigenvalue weighted by molar-refractivity contribution is 1.17. The highest BCUT2D eigenvalue weighted by Gasteiger charge is 1.96. The minimum absolute atomic E-state index is 1.05. The van der Waals surface area contributed by atoms with Crippen molar-refractivity contribution in [2.24, 2.45) is 0 Å². The fourth-order valence-electron chi connectivity index (χ4n) is 1.32. The summed E-state index contributed by atoms with van der Waals surface area (Å²) in [6, 6.07) is 8.33. The highest BCUT2D eigenvalue weighted by Crippen LogP contribution is 2.17. The van der Waals surface area contributed by atoms with Crippen LogP contribution in [0.1, 0.15) is 12.5 Å². The van der Waals surface area contributed by atoms with Crippen LogP contribution in [-0.4, -0.2) is 9.97 Å². The lowest BCUT2D eigenvalue weighted by Crippen LogP contribution is -1.82. The van der Waals surface area contributed by atoms with Gasteiger partial charge in [-0.05, 0) is 17.5 Å². The maximum atomic E-state index is 3.98. The Morgan fingerprint density at radius 1 is 0.929 bits per heavy atom. The van der Waals surface area contributed by atoms with Crippen LogP contribution in [0.2, 0.25) is 0 Å². The van der Waals surface area contributed by atoms with E-state index in [-0.39, 0.29) is 0 Å². The van der Waals surface area contributed by atoms with E-state index in [2.05, 4.69) is 40.7 Å². The van der Waals surface area contributed by atoms with Crippen LogP contribution in [0.3, 0.4) is 0 Å². The van der Waals surface area contributed by atoms with E-state index in [0.29, 0.717) is 0 Å². The molecule has 1 heterocycles. The summed E-state index contributed by atoms with van der Waals surface area (Å²) in [6.07, 6.45) is 7.25. The van der Waals surface area contributed by atoms with E-state index in [4.69, 9.17) is 0 Å². The first-order valence-corrected chi connectivity index (χ1v) is 4.55. The van der Waals surface area contributed by atoms with Gasteiger partial charge in [0.2, 0.25) is 0 Å². The number of hydrogen-bond acceptors (Lipinski definition) is 2. The monoisotopic (exact) mass is 183 g/mol. The summed E-state index contributed by atoms with van der Waals surface area (Å²) in [4.78, 5) is 7.97. The average molecular weight is 183 g/mol. The number of benzene rings is 1. The lowest BCUT2D eigenvalue weighted by atomic mass is 10.1. The Labute approximate surface area is 83.7 Å². The van der Waals surface area contributed by atoms with Gasteiger partial charge < -0.3 is 0 Å². The molecule has 2 rings (SSSR count). The minimum Gasteiger partial charge on any atom is -0.244 e. The third-order valence-corrected chi connectivity index (χ3v) is 2.14. The van der Waals surface area contributed by atoms with Crippen LogP contribution in [0, 0.1) is 6.42 Å². The second-order valence-corrected chi connectivity index (χ2v) is 3.04. The van der Waals surface area contributed by atoms with Gasteiger partial charge in [0.1, 0.15) is 6.33 Å². The van der Waals surface area contributed by atoms with Crippen molar-refractivity contribution in [3.63, 3.8) is 0 Å². The number of hydrogen-bond donors (Lipinski definition) is 0. The number of rotatable bonds is 2. The van der Waals surface area contributed by atoms with Crippen molar-refractivity contribution in [2.45, 2.75) is 6.92 Å². The van der Waals surface area contributed by atoms with Crippen LogP contribution in [0.15, 0.2) is 43.0 Å². The van der Waals surface area contributed by atoms with Crippen LogP contribution in [0.25, 0.3) is 11.1 Å². The molecule has 0 aliphatic rings. The smallest absolute Gasteiger partial charge is 0.115 e. The molecule has 14 heavy (non-hydrogen) atoms. The molecular formula is C12H11N2. The largest absolute Gasteiger partial charge is 0.244 e. The van der Waals surface area contributed by atoms with Crippen molar-refractivity contribution < 1.29 is 0 Å². The molecule has 1 aromatic carbocycles. The molecule has 0 unspecified atom stereocenters. The average Bonchev–Trinajstić information content (AvgIpc) is 2.30. The minimum atomic E-state index is 1.05. The summed E-state index contributed by atoms with van der Waals surface area (Å²) >= 11 is 0. The summed E-state index contributed by atoms with van der Waals surface area (Å²) in [5, 5.41) is 0. The molecule has 0 saturated heterocycles. The molecule has 0 atom stereocenters. The fourth-order valence-corrected chi connectivity index (χ4v) is 1.32. The molecule has 1 radical (unpaired) electrons. The Morgan fingerprint density at radius 3 is 2.14 bits per heavy atom. The molecule has 0 aliphatic heterocycles. The van der Waals surface area contributed by atoms with E-state index in [1.54, 1.807) is 0 Å². The predicted octanol–water partition coefficient (Wildman–Crippen LogP) is 2.72. The van der Waals surface area contributed by atoms with Gasteiger partial charge in [0.05, 0.1) is 0 Å². The first-order valence-electron chi connectivity index (χ1n) is 4.55. The van der Waals surface area contributed by atoms with Gasteiger partial charge in [0.15, 0.2) is 0 Å². The molecule has 1 aromatic heterocycles. The molecule has 0 fully saturated rings. The highest BCUT2D eigenvalue weighted by atomic mass is 14.8. The Morgan fingerprint density at radius 2 is 1.57 bits per heavy atom. The molecule has 69 valence electrons. The Balaban J connectivity index is 2.34. The molecule has 2 heteroatoms. The first-order chi connectivity index (χ1) is 6.90. The van der Waals surface area contributed by atoms with Crippen LogP contribution in [0.4, 0.5) is 0 Å². The Kier molecular flexibility index (Phi) is 2.54. The zero-order valence-corrected chi connectivity index (χ0v) is 8.01. The van der Waals surface area contributed by atoms with E-state index >= 15 is 0 Å². The van der Waals surface area contributed by atoms with Crippen molar-refractivity contribution >= 4 is 0 Å². The maximum Gasteiger partial charge on any atom is 0.115 e. The van der Waals surface area contributed by atoms with Crippen LogP contribution in [0.5, 0.6) is 0 Å². The lowest BCUT2D eigenvalue weighted by Gasteiger charge is -2.01. The molecule has 0 spiro atoms. The van der Waals surface area contributed by atoms with Crippen molar-refractivity contribution in [3.05, 3.63) is 55.0 Å². The van der Waals surface area contributed by atoms with Gasteiger partial charge in [-0.3, -0.25) is 0 Å². The van der Waals surface area contributed by atoms with Crippen LogP contribution >= 0.6 is 0 Å². The van der Waals surface area contributed by atoms with Crippen LogP contribution < -0.4 is 0 Å². The fraction of sp³-hybridized carbons (Fsp3) is 0.0833. The van der Waals surface area contributed by atoms with Crippen molar-refractivity contribution in [1.82, 2.24) is 9.97 Å². The van der Waals surface area contributed by atoms with Gasteiger partial charge in [-0.2, -0.15) is 0 Å². The third kappa shape index (κ3) is 1.79. The highest BCUT2D eigenvalue weighted by molar-refractivity contribution is 5.61. The second-order valence-electron chi connectivity index (χ2n) is 3.04. The van der Waals surface area contributed by atoms with Gasteiger partial charge in [-0.25, -0.2) is 9.97 Å². The molecule has 2 aromatic rings. The summed E-state index contributed by atoms with van der Waals surface area (Å²) < 4.78 is 0. The van der Waals surface area contributed by atoms with Gasteiger partial charge in [-0.1, -0.05) is 31.2 Å². The van der Waals surface area contributed by atoms with E-state index < -0.39 is 0 Å². The normalized spacial score (nSPS) is 10.1. The van der Waals surface area contributed by atoms with E-state index in [0.717, 1.165) is 11.1 Å².